The predicted molar refractivity (Wildman–Crippen MR) is 82.6 cm³/mol. The second-order valence-corrected chi connectivity index (χ2v) is 7.81. The lowest BCUT2D eigenvalue weighted by atomic mass is 9.95. The lowest BCUT2D eigenvalue weighted by Crippen LogP contribution is -2.45. The molecule has 1 heterocycles. The maximum atomic E-state index is 12.5. The van der Waals surface area contributed by atoms with Crippen molar-refractivity contribution in [2.24, 2.45) is 0 Å². The molecule has 0 spiro atoms. The Bertz CT molecular complexity index is 584. The number of nitrogens with one attached hydrogen (secondary N) is 2. The van der Waals surface area contributed by atoms with E-state index in [9.17, 15) is 8.42 Å². The summed E-state index contributed by atoms with van der Waals surface area (Å²) in [6.45, 7) is 5.20. The maximum Gasteiger partial charge on any atom is 0.240 e. The number of benzene rings is 1. The van der Waals surface area contributed by atoms with Crippen LogP contribution in [0.25, 0.3) is 0 Å². The van der Waals surface area contributed by atoms with Gasteiger partial charge in [0.25, 0.3) is 0 Å². The van der Waals surface area contributed by atoms with Crippen molar-refractivity contribution >= 4 is 10.0 Å². The maximum absolute atomic E-state index is 12.5. The van der Waals surface area contributed by atoms with Gasteiger partial charge in [-0.15, -0.1) is 0 Å². The Morgan fingerprint density at radius 2 is 2.14 bits per heavy atom. The second-order valence-electron chi connectivity index (χ2n) is 6.10. The fourth-order valence-electron chi connectivity index (χ4n) is 2.65. The topological polar surface area (TPSA) is 67.4 Å². The first kappa shape index (κ1) is 16.4. The zero-order chi connectivity index (χ0) is 15.5. The van der Waals surface area contributed by atoms with Crippen molar-refractivity contribution in [1.82, 2.24) is 10.0 Å². The molecule has 0 amide bonds. The molecule has 6 heteroatoms. The highest BCUT2D eigenvalue weighted by Crippen LogP contribution is 2.25. The summed E-state index contributed by atoms with van der Waals surface area (Å²) in [7, 11) is -1.65. The summed E-state index contributed by atoms with van der Waals surface area (Å²) in [6, 6.07) is 6.95. The molecule has 1 aromatic carbocycles. The molecule has 0 radical (unpaired) electrons. The van der Waals surface area contributed by atoms with E-state index in [4.69, 9.17) is 4.74 Å². The zero-order valence-corrected chi connectivity index (χ0v) is 13.7. The Morgan fingerprint density at radius 1 is 1.38 bits per heavy atom. The SMILES string of the molecule is CNCc1cccc(S(=O)(=O)NC2CCOC(C)(C)C2)c1. The minimum absolute atomic E-state index is 0.0771. The Hall–Kier alpha value is -0.950. The number of rotatable bonds is 5. The van der Waals surface area contributed by atoms with Gasteiger partial charge in [-0.2, -0.15) is 0 Å². The molecule has 5 nitrogen and oxygen atoms in total. The van der Waals surface area contributed by atoms with Crippen LogP contribution in [0.2, 0.25) is 0 Å². The highest BCUT2D eigenvalue weighted by molar-refractivity contribution is 7.89. The van der Waals surface area contributed by atoms with Crippen LogP contribution in [0.3, 0.4) is 0 Å². The van der Waals surface area contributed by atoms with Crippen molar-refractivity contribution in [1.29, 1.82) is 0 Å². The van der Waals surface area contributed by atoms with E-state index in [0.29, 0.717) is 30.9 Å². The van der Waals surface area contributed by atoms with E-state index in [0.717, 1.165) is 5.56 Å². The first-order valence-corrected chi connectivity index (χ1v) is 8.70. The quantitative estimate of drug-likeness (QED) is 0.867. The number of hydrogen-bond donors (Lipinski definition) is 2. The van der Waals surface area contributed by atoms with Crippen LogP contribution < -0.4 is 10.0 Å². The van der Waals surface area contributed by atoms with Gasteiger partial charge in [0, 0.05) is 19.2 Å². The molecule has 1 atom stereocenters. The van der Waals surface area contributed by atoms with Crippen LogP contribution in [0, 0.1) is 0 Å². The number of ether oxygens (including phenoxy) is 1. The smallest absolute Gasteiger partial charge is 0.240 e. The standard InChI is InChI=1S/C15H24N2O3S/c1-15(2)10-13(7-8-20-15)17-21(18,19)14-6-4-5-12(9-14)11-16-3/h4-6,9,13,16-17H,7-8,10-11H2,1-3H3. The summed E-state index contributed by atoms with van der Waals surface area (Å²) in [5.41, 5.74) is 0.673. The lowest BCUT2D eigenvalue weighted by molar-refractivity contribution is -0.0599. The van der Waals surface area contributed by atoms with E-state index in [-0.39, 0.29) is 11.6 Å². The van der Waals surface area contributed by atoms with E-state index < -0.39 is 10.0 Å². The zero-order valence-electron chi connectivity index (χ0n) is 12.8. The fraction of sp³-hybridized carbons (Fsp3) is 0.600. The molecule has 0 aliphatic carbocycles. The van der Waals surface area contributed by atoms with E-state index in [2.05, 4.69) is 10.0 Å². The van der Waals surface area contributed by atoms with E-state index in [1.54, 1.807) is 18.2 Å². The third-order valence-corrected chi connectivity index (χ3v) is 5.13. The van der Waals surface area contributed by atoms with Crippen molar-refractivity contribution in [3.8, 4) is 0 Å². The monoisotopic (exact) mass is 312 g/mol. The van der Waals surface area contributed by atoms with Crippen LogP contribution >= 0.6 is 0 Å². The third-order valence-electron chi connectivity index (χ3n) is 3.61. The molecule has 21 heavy (non-hydrogen) atoms. The van der Waals surface area contributed by atoms with Crippen molar-refractivity contribution < 1.29 is 13.2 Å². The molecule has 0 bridgehead atoms. The molecular formula is C15H24N2O3S. The van der Waals surface area contributed by atoms with Crippen LogP contribution in [-0.4, -0.2) is 33.7 Å². The first-order valence-electron chi connectivity index (χ1n) is 7.22. The summed E-state index contributed by atoms with van der Waals surface area (Å²) in [5, 5.41) is 3.02. The molecular weight excluding hydrogens is 288 g/mol. The Balaban J connectivity index is 2.13. The van der Waals surface area contributed by atoms with Gasteiger partial charge in [-0.1, -0.05) is 12.1 Å². The first-order chi connectivity index (χ1) is 9.82. The van der Waals surface area contributed by atoms with Crippen LogP contribution in [-0.2, 0) is 21.3 Å². The van der Waals surface area contributed by atoms with Crippen LogP contribution in [0.15, 0.2) is 29.2 Å². The number of sulfonamides is 1. The predicted octanol–water partition coefficient (Wildman–Crippen LogP) is 1.64. The van der Waals surface area contributed by atoms with Crippen LogP contribution in [0.4, 0.5) is 0 Å². The Kier molecular flexibility index (Phi) is 5.03. The van der Waals surface area contributed by atoms with Gasteiger partial charge in [0.1, 0.15) is 0 Å². The summed E-state index contributed by atoms with van der Waals surface area (Å²) >= 11 is 0. The highest BCUT2D eigenvalue weighted by atomic mass is 32.2. The van der Waals surface area contributed by atoms with E-state index in [1.807, 2.05) is 27.0 Å². The Morgan fingerprint density at radius 3 is 2.81 bits per heavy atom. The van der Waals surface area contributed by atoms with Crippen molar-refractivity contribution in [2.45, 2.75) is 49.8 Å². The van der Waals surface area contributed by atoms with Gasteiger partial charge in [0.05, 0.1) is 10.5 Å². The van der Waals surface area contributed by atoms with E-state index >= 15 is 0 Å². The van der Waals surface area contributed by atoms with E-state index in [1.165, 1.54) is 0 Å². The molecule has 1 saturated heterocycles. The molecule has 1 fully saturated rings. The summed E-state index contributed by atoms with van der Waals surface area (Å²) < 4.78 is 33.4. The van der Waals surface area contributed by atoms with Crippen molar-refractivity contribution in [3.63, 3.8) is 0 Å². The molecule has 1 aliphatic heterocycles. The Labute approximate surface area is 127 Å². The summed E-state index contributed by atoms with van der Waals surface area (Å²) in [5.74, 6) is 0. The van der Waals surface area contributed by atoms with Gasteiger partial charge in [-0.25, -0.2) is 13.1 Å². The molecule has 1 aliphatic rings. The van der Waals surface area contributed by atoms with Crippen molar-refractivity contribution in [3.05, 3.63) is 29.8 Å². The van der Waals surface area contributed by atoms with Gasteiger partial charge in [0.2, 0.25) is 10.0 Å². The third kappa shape index (κ3) is 4.51. The second kappa shape index (κ2) is 6.44. The molecule has 0 saturated carbocycles. The fourth-order valence-corrected chi connectivity index (χ4v) is 3.99. The molecule has 1 unspecified atom stereocenters. The summed E-state index contributed by atoms with van der Waals surface area (Å²) in [6.07, 6.45) is 1.39. The molecule has 2 N–H and O–H groups in total. The van der Waals surface area contributed by atoms with Gasteiger partial charge in [-0.05, 0) is 51.4 Å². The molecule has 118 valence electrons. The highest BCUT2D eigenvalue weighted by Gasteiger charge is 2.31. The lowest BCUT2D eigenvalue weighted by Gasteiger charge is -2.35. The number of hydrogen-bond acceptors (Lipinski definition) is 4. The largest absolute Gasteiger partial charge is 0.375 e. The summed E-state index contributed by atoms with van der Waals surface area (Å²) in [4.78, 5) is 0.319. The molecule has 2 rings (SSSR count). The minimum Gasteiger partial charge on any atom is -0.375 e. The van der Waals surface area contributed by atoms with Gasteiger partial charge in [-0.3, -0.25) is 0 Å². The van der Waals surface area contributed by atoms with Gasteiger partial charge < -0.3 is 10.1 Å². The minimum atomic E-state index is -3.48. The van der Waals surface area contributed by atoms with Gasteiger partial charge >= 0.3 is 0 Å². The van der Waals surface area contributed by atoms with Crippen LogP contribution in [0.1, 0.15) is 32.3 Å². The average molecular weight is 312 g/mol. The average Bonchev–Trinajstić information content (AvgIpc) is 2.37. The molecule has 0 aromatic heterocycles. The molecule has 1 aromatic rings. The van der Waals surface area contributed by atoms with Crippen LogP contribution in [0.5, 0.6) is 0 Å². The van der Waals surface area contributed by atoms with Gasteiger partial charge in [0.15, 0.2) is 0 Å². The van der Waals surface area contributed by atoms with Crippen molar-refractivity contribution in [2.75, 3.05) is 13.7 Å². The normalized spacial score (nSPS) is 22.1.